The van der Waals surface area contributed by atoms with Gasteiger partial charge in [0, 0.05) is 11.1 Å². The molecule has 0 amide bonds. The van der Waals surface area contributed by atoms with Crippen LogP contribution < -0.4 is 0 Å². The summed E-state index contributed by atoms with van der Waals surface area (Å²) in [5.74, 6) is 0.123. The first-order valence-corrected chi connectivity index (χ1v) is 11.7. The van der Waals surface area contributed by atoms with Crippen LogP contribution in [-0.4, -0.2) is 10.9 Å². The van der Waals surface area contributed by atoms with Crippen LogP contribution in [0.25, 0.3) is 11.1 Å². The number of aromatic hydroxyl groups is 1. The van der Waals surface area contributed by atoms with Crippen LogP contribution in [0.2, 0.25) is 0 Å². The highest BCUT2D eigenvalue weighted by Crippen LogP contribution is 2.37. The Morgan fingerprint density at radius 3 is 1.55 bits per heavy atom. The maximum atomic E-state index is 13.7. The molecule has 0 spiro atoms. The highest BCUT2D eigenvalue weighted by Gasteiger charge is 2.24. The fourth-order valence-corrected chi connectivity index (χ4v) is 3.87. The lowest BCUT2D eigenvalue weighted by molar-refractivity contribution is 0.103. The predicted octanol–water partition coefficient (Wildman–Crippen LogP) is 8.18. The second-order valence-corrected chi connectivity index (χ2v) is 12.2. The Morgan fingerprint density at radius 1 is 0.606 bits per heavy atom. The third kappa shape index (κ3) is 5.55. The Balaban J connectivity index is 2.30. The molecule has 0 bridgehead atoms. The van der Waals surface area contributed by atoms with Crippen molar-refractivity contribution in [2.24, 2.45) is 0 Å². The SMILES string of the molecule is CC(C)(C)c1cc(-c2ccc(C(C)(C)C)cc2C(=O)c2ccc(O)cc2)cc(C(C)(C)C)c1. The molecule has 0 aliphatic heterocycles. The molecule has 0 heterocycles. The van der Waals surface area contributed by atoms with E-state index in [2.05, 4.69) is 92.6 Å². The topological polar surface area (TPSA) is 37.3 Å². The van der Waals surface area contributed by atoms with E-state index in [-0.39, 0.29) is 27.8 Å². The molecule has 174 valence electrons. The van der Waals surface area contributed by atoms with Gasteiger partial charge in [-0.25, -0.2) is 0 Å². The molecule has 1 N–H and O–H groups in total. The van der Waals surface area contributed by atoms with Gasteiger partial charge in [-0.05, 0) is 74.4 Å². The van der Waals surface area contributed by atoms with E-state index in [1.807, 2.05) is 6.07 Å². The molecule has 3 aromatic rings. The molecule has 0 saturated heterocycles. The van der Waals surface area contributed by atoms with Crippen molar-refractivity contribution in [3.63, 3.8) is 0 Å². The highest BCUT2D eigenvalue weighted by atomic mass is 16.3. The molecule has 2 heteroatoms. The van der Waals surface area contributed by atoms with Crippen molar-refractivity contribution in [1.82, 2.24) is 0 Å². The normalized spacial score (nSPS) is 12.6. The van der Waals surface area contributed by atoms with Crippen LogP contribution in [0.5, 0.6) is 5.75 Å². The summed E-state index contributed by atoms with van der Waals surface area (Å²) in [6, 6.07) is 19.6. The van der Waals surface area contributed by atoms with Crippen molar-refractivity contribution >= 4 is 5.78 Å². The van der Waals surface area contributed by atoms with Crippen molar-refractivity contribution in [3.05, 3.63) is 88.5 Å². The van der Waals surface area contributed by atoms with Gasteiger partial charge in [-0.3, -0.25) is 4.79 Å². The molecule has 3 aromatic carbocycles. The summed E-state index contributed by atoms with van der Waals surface area (Å²) in [5, 5.41) is 9.69. The Labute approximate surface area is 199 Å². The zero-order valence-electron chi connectivity index (χ0n) is 21.6. The van der Waals surface area contributed by atoms with E-state index in [1.165, 1.54) is 11.1 Å². The number of carbonyl (C=O) groups is 1. The van der Waals surface area contributed by atoms with Crippen molar-refractivity contribution < 1.29 is 9.90 Å². The molecular weight excluding hydrogens is 404 g/mol. The van der Waals surface area contributed by atoms with Crippen molar-refractivity contribution in [1.29, 1.82) is 0 Å². The Kier molecular flexibility index (Phi) is 6.37. The molecule has 0 saturated carbocycles. The van der Waals surface area contributed by atoms with Crippen LogP contribution in [0.15, 0.2) is 60.7 Å². The van der Waals surface area contributed by atoms with Gasteiger partial charge in [0.25, 0.3) is 0 Å². The van der Waals surface area contributed by atoms with E-state index < -0.39 is 0 Å². The molecule has 0 aliphatic carbocycles. The summed E-state index contributed by atoms with van der Waals surface area (Å²) in [7, 11) is 0. The fourth-order valence-electron chi connectivity index (χ4n) is 3.87. The number of hydrogen-bond acceptors (Lipinski definition) is 2. The minimum absolute atomic E-state index is 0.0114. The van der Waals surface area contributed by atoms with Gasteiger partial charge in [0.15, 0.2) is 5.78 Å². The molecule has 0 fully saturated rings. The fraction of sp³-hybridized carbons (Fsp3) is 0.387. The van der Waals surface area contributed by atoms with Crippen molar-refractivity contribution in [3.8, 4) is 16.9 Å². The van der Waals surface area contributed by atoms with Gasteiger partial charge in [-0.2, -0.15) is 0 Å². The van der Waals surface area contributed by atoms with Gasteiger partial charge < -0.3 is 5.11 Å². The zero-order chi connectivity index (χ0) is 24.8. The van der Waals surface area contributed by atoms with Crippen LogP contribution in [0, 0.1) is 0 Å². The minimum Gasteiger partial charge on any atom is -0.508 e. The van der Waals surface area contributed by atoms with E-state index in [0.29, 0.717) is 11.1 Å². The standard InChI is InChI=1S/C31H38O2/c1-29(2,3)22-12-15-26(27(19-22)28(33)20-10-13-25(32)14-11-20)21-16-23(30(4,5)6)18-24(17-21)31(7,8)9/h10-19,32H,1-9H3. The van der Waals surface area contributed by atoms with Crippen LogP contribution in [0.4, 0.5) is 0 Å². The first kappa shape index (κ1) is 24.8. The Morgan fingerprint density at radius 2 is 1.09 bits per heavy atom. The third-order valence-corrected chi connectivity index (χ3v) is 6.24. The third-order valence-electron chi connectivity index (χ3n) is 6.24. The molecule has 2 nitrogen and oxygen atoms in total. The Bertz CT molecular complexity index is 1130. The van der Waals surface area contributed by atoms with E-state index in [0.717, 1.165) is 16.7 Å². The van der Waals surface area contributed by atoms with Gasteiger partial charge in [-0.15, -0.1) is 0 Å². The van der Waals surface area contributed by atoms with Gasteiger partial charge in [0.05, 0.1) is 0 Å². The van der Waals surface area contributed by atoms with Crippen LogP contribution in [0.3, 0.4) is 0 Å². The maximum absolute atomic E-state index is 13.7. The summed E-state index contributed by atoms with van der Waals surface area (Å²) in [6.45, 7) is 19.8. The number of carbonyl (C=O) groups excluding carboxylic acids is 1. The van der Waals surface area contributed by atoms with Crippen LogP contribution in [0.1, 0.15) is 94.9 Å². The zero-order valence-corrected chi connectivity index (χ0v) is 21.6. The molecule has 0 aliphatic rings. The number of hydrogen-bond donors (Lipinski definition) is 1. The lowest BCUT2D eigenvalue weighted by atomic mass is 9.77. The molecule has 0 atom stereocenters. The average molecular weight is 443 g/mol. The highest BCUT2D eigenvalue weighted by molar-refractivity contribution is 6.13. The smallest absolute Gasteiger partial charge is 0.193 e. The van der Waals surface area contributed by atoms with Crippen LogP contribution >= 0.6 is 0 Å². The lowest BCUT2D eigenvalue weighted by Crippen LogP contribution is -2.17. The maximum Gasteiger partial charge on any atom is 0.193 e. The summed E-state index contributed by atoms with van der Waals surface area (Å²) < 4.78 is 0. The van der Waals surface area contributed by atoms with Gasteiger partial charge in [0.1, 0.15) is 5.75 Å². The quantitative estimate of drug-likeness (QED) is 0.415. The largest absolute Gasteiger partial charge is 0.508 e. The second-order valence-electron chi connectivity index (χ2n) is 12.2. The molecule has 33 heavy (non-hydrogen) atoms. The summed E-state index contributed by atoms with van der Waals surface area (Å²) in [5.41, 5.74) is 6.81. The monoisotopic (exact) mass is 442 g/mol. The van der Waals surface area contributed by atoms with E-state index in [4.69, 9.17) is 0 Å². The Hall–Kier alpha value is -2.87. The molecule has 0 aromatic heterocycles. The molecular formula is C31H38O2. The number of benzene rings is 3. The predicted molar refractivity (Wildman–Crippen MR) is 140 cm³/mol. The first-order chi connectivity index (χ1) is 15.1. The molecule has 0 radical (unpaired) electrons. The summed E-state index contributed by atoms with van der Waals surface area (Å²) in [4.78, 5) is 13.7. The number of phenols is 1. The summed E-state index contributed by atoms with van der Waals surface area (Å²) >= 11 is 0. The van der Waals surface area contributed by atoms with Gasteiger partial charge in [0.2, 0.25) is 0 Å². The minimum atomic E-state index is -0.0770. The summed E-state index contributed by atoms with van der Waals surface area (Å²) in [6.07, 6.45) is 0. The van der Waals surface area contributed by atoms with E-state index >= 15 is 0 Å². The van der Waals surface area contributed by atoms with Gasteiger partial charge >= 0.3 is 0 Å². The number of rotatable bonds is 3. The van der Waals surface area contributed by atoms with Crippen LogP contribution in [-0.2, 0) is 16.2 Å². The van der Waals surface area contributed by atoms with E-state index in [1.54, 1.807) is 24.3 Å². The van der Waals surface area contributed by atoms with Crippen molar-refractivity contribution in [2.45, 2.75) is 78.6 Å². The van der Waals surface area contributed by atoms with Crippen molar-refractivity contribution in [2.75, 3.05) is 0 Å². The van der Waals surface area contributed by atoms with Gasteiger partial charge in [-0.1, -0.05) is 92.6 Å². The molecule has 3 rings (SSSR count). The van der Waals surface area contributed by atoms with E-state index in [9.17, 15) is 9.90 Å². The lowest BCUT2D eigenvalue weighted by Gasteiger charge is -2.27. The number of phenolic OH excluding ortho intramolecular Hbond substituents is 1. The number of ketones is 1. The average Bonchev–Trinajstić information content (AvgIpc) is 2.71. The molecule has 0 unspecified atom stereocenters. The first-order valence-electron chi connectivity index (χ1n) is 11.7. The second kappa shape index (κ2) is 8.48.